The molecule has 4 nitrogen and oxygen atoms in total. The first kappa shape index (κ1) is 14.4. The van der Waals surface area contributed by atoms with Crippen molar-refractivity contribution >= 4 is 16.9 Å². The molecule has 0 amide bonds. The van der Waals surface area contributed by atoms with Crippen molar-refractivity contribution in [2.75, 3.05) is 7.11 Å². The van der Waals surface area contributed by atoms with Crippen LogP contribution in [0, 0.1) is 6.92 Å². The highest BCUT2D eigenvalue weighted by atomic mass is 16.5. The molecule has 0 saturated carbocycles. The number of carboxylic acid groups (broad SMARTS) is 1. The molecule has 108 valence electrons. The van der Waals surface area contributed by atoms with E-state index in [2.05, 4.69) is 29.8 Å². The fourth-order valence-corrected chi connectivity index (χ4v) is 2.50. The number of aryl methyl sites for hydroxylation is 2. The molecule has 0 unspecified atom stereocenters. The van der Waals surface area contributed by atoms with Crippen LogP contribution in [0.3, 0.4) is 0 Å². The molecule has 0 atom stereocenters. The Morgan fingerprint density at radius 3 is 2.80 bits per heavy atom. The number of nitrogens with zero attached hydrogens (tertiary/aromatic N) is 1. The number of ether oxygens (including phenoxy) is 1. The summed E-state index contributed by atoms with van der Waals surface area (Å²) in [6, 6.07) is 6.12. The third-order valence-corrected chi connectivity index (χ3v) is 3.58. The minimum Gasteiger partial charge on any atom is -0.497 e. The maximum absolute atomic E-state index is 10.5. The normalized spacial score (nSPS) is 10.9. The fourth-order valence-electron chi connectivity index (χ4n) is 2.50. The van der Waals surface area contributed by atoms with Gasteiger partial charge in [0.15, 0.2) is 0 Å². The number of hydrogen-bond acceptors (Lipinski definition) is 2. The van der Waals surface area contributed by atoms with Crippen molar-refractivity contribution in [1.82, 2.24) is 4.57 Å². The molecule has 0 aliphatic rings. The summed E-state index contributed by atoms with van der Waals surface area (Å²) in [7, 11) is 1.68. The second-order valence-electron chi connectivity index (χ2n) is 5.09. The molecular weight excluding hydrogens is 254 g/mol. The number of aromatic nitrogens is 1. The maximum atomic E-state index is 10.5. The van der Waals surface area contributed by atoms with Gasteiger partial charge in [-0.15, -0.1) is 0 Å². The molecule has 2 aromatic rings. The van der Waals surface area contributed by atoms with Gasteiger partial charge in [0.2, 0.25) is 0 Å². The summed E-state index contributed by atoms with van der Waals surface area (Å²) in [6.45, 7) is 3.03. The molecule has 0 bridgehead atoms. The molecular formula is C16H21NO3. The molecule has 0 saturated heterocycles. The van der Waals surface area contributed by atoms with E-state index in [-0.39, 0.29) is 6.42 Å². The van der Waals surface area contributed by atoms with Crippen LogP contribution in [0.25, 0.3) is 10.9 Å². The van der Waals surface area contributed by atoms with Gasteiger partial charge < -0.3 is 14.4 Å². The van der Waals surface area contributed by atoms with Crippen LogP contribution in [-0.4, -0.2) is 22.8 Å². The van der Waals surface area contributed by atoms with E-state index in [1.54, 1.807) is 7.11 Å². The fraction of sp³-hybridized carbons (Fsp3) is 0.438. The summed E-state index contributed by atoms with van der Waals surface area (Å²) >= 11 is 0. The number of methoxy groups -OCH3 is 1. The number of aliphatic carboxylic acids is 1. The summed E-state index contributed by atoms with van der Waals surface area (Å²) in [5.74, 6) is 0.166. The van der Waals surface area contributed by atoms with Gasteiger partial charge >= 0.3 is 5.97 Å². The first-order valence-corrected chi connectivity index (χ1v) is 6.97. The summed E-state index contributed by atoms with van der Waals surface area (Å²) < 4.78 is 7.50. The lowest BCUT2D eigenvalue weighted by molar-refractivity contribution is -0.137. The van der Waals surface area contributed by atoms with Gasteiger partial charge in [-0.1, -0.05) is 6.42 Å². The van der Waals surface area contributed by atoms with Gasteiger partial charge in [-0.2, -0.15) is 0 Å². The number of hydrogen-bond donors (Lipinski definition) is 1. The maximum Gasteiger partial charge on any atom is 0.303 e. The van der Waals surface area contributed by atoms with Crippen molar-refractivity contribution < 1.29 is 14.6 Å². The van der Waals surface area contributed by atoms with E-state index in [9.17, 15) is 4.79 Å². The minimum atomic E-state index is -0.709. The molecule has 0 fully saturated rings. The standard InChI is InChI=1S/C16H21NO3/c1-12-11-17(9-5-3-4-6-16(18)19)15-8-7-13(20-2)10-14(12)15/h7-8,10-11H,3-6,9H2,1-2H3,(H,18,19). The number of carbonyl (C=O) groups is 1. The summed E-state index contributed by atoms with van der Waals surface area (Å²) in [4.78, 5) is 10.5. The topological polar surface area (TPSA) is 51.5 Å². The number of benzene rings is 1. The molecule has 0 radical (unpaired) electrons. The van der Waals surface area contributed by atoms with Crippen molar-refractivity contribution in [2.45, 2.75) is 39.2 Å². The van der Waals surface area contributed by atoms with Crippen LogP contribution in [0.15, 0.2) is 24.4 Å². The average Bonchev–Trinajstić information content (AvgIpc) is 2.74. The van der Waals surface area contributed by atoms with Crippen LogP contribution in [-0.2, 0) is 11.3 Å². The largest absolute Gasteiger partial charge is 0.497 e. The average molecular weight is 275 g/mol. The lowest BCUT2D eigenvalue weighted by atomic mass is 10.2. The Labute approximate surface area is 119 Å². The zero-order valence-electron chi connectivity index (χ0n) is 12.1. The highest BCUT2D eigenvalue weighted by molar-refractivity contribution is 5.85. The van der Waals surface area contributed by atoms with E-state index in [1.165, 1.54) is 16.5 Å². The molecule has 0 spiro atoms. The molecule has 1 aromatic carbocycles. The van der Waals surface area contributed by atoms with Crippen molar-refractivity contribution in [2.24, 2.45) is 0 Å². The van der Waals surface area contributed by atoms with Crippen molar-refractivity contribution in [3.63, 3.8) is 0 Å². The Bertz CT molecular complexity index is 601. The first-order valence-electron chi connectivity index (χ1n) is 6.97. The lowest BCUT2D eigenvalue weighted by Gasteiger charge is -2.06. The summed E-state index contributed by atoms with van der Waals surface area (Å²) in [5.41, 5.74) is 2.45. The van der Waals surface area contributed by atoms with Gasteiger partial charge in [-0.05, 0) is 43.5 Å². The Morgan fingerprint density at radius 2 is 2.10 bits per heavy atom. The number of unbranched alkanes of at least 4 members (excludes halogenated alkanes) is 2. The van der Waals surface area contributed by atoms with Crippen LogP contribution in [0.4, 0.5) is 0 Å². The van der Waals surface area contributed by atoms with Crippen LogP contribution in [0.1, 0.15) is 31.2 Å². The predicted octanol–water partition coefficient (Wildman–Crippen LogP) is 3.60. The van der Waals surface area contributed by atoms with Gasteiger partial charge in [0.25, 0.3) is 0 Å². The van der Waals surface area contributed by atoms with E-state index < -0.39 is 5.97 Å². The van der Waals surface area contributed by atoms with Crippen molar-refractivity contribution in [1.29, 1.82) is 0 Å². The SMILES string of the molecule is COc1ccc2c(c1)c(C)cn2CCCCCC(=O)O. The Balaban J connectivity index is 2.02. The van der Waals surface area contributed by atoms with Crippen LogP contribution < -0.4 is 4.74 Å². The van der Waals surface area contributed by atoms with Crippen LogP contribution in [0.2, 0.25) is 0 Å². The summed E-state index contributed by atoms with van der Waals surface area (Å²) in [6.07, 6.45) is 5.12. The second-order valence-corrected chi connectivity index (χ2v) is 5.09. The van der Waals surface area contributed by atoms with Crippen LogP contribution >= 0.6 is 0 Å². The van der Waals surface area contributed by atoms with Crippen molar-refractivity contribution in [3.8, 4) is 5.75 Å². The monoisotopic (exact) mass is 275 g/mol. The van der Waals surface area contributed by atoms with E-state index in [0.717, 1.165) is 31.6 Å². The zero-order valence-corrected chi connectivity index (χ0v) is 12.1. The van der Waals surface area contributed by atoms with Gasteiger partial charge in [-0.25, -0.2) is 0 Å². The highest BCUT2D eigenvalue weighted by Gasteiger charge is 2.06. The molecule has 1 heterocycles. The van der Waals surface area contributed by atoms with Gasteiger partial charge in [0.1, 0.15) is 5.75 Å². The van der Waals surface area contributed by atoms with Crippen LogP contribution in [0.5, 0.6) is 5.75 Å². The Hall–Kier alpha value is -1.97. The number of fused-ring (bicyclic) bond motifs is 1. The summed E-state index contributed by atoms with van der Waals surface area (Å²) in [5, 5.41) is 9.82. The number of carboxylic acids is 1. The molecule has 2 rings (SSSR count). The molecule has 1 N–H and O–H groups in total. The third kappa shape index (κ3) is 3.32. The van der Waals surface area contributed by atoms with E-state index in [1.807, 2.05) is 6.07 Å². The third-order valence-electron chi connectivity index (χ3n) is 3.58. The molecule has 0 aliphatic carbocycles. The zero-order chi connectivity index (χ0) is 14.5. The number of rotatable bonds is 7. The highest BCUT2D eigenvalue weighted by Crippen LogP contribution is 2.25. The Kier molecular flexibility index (Phi) is 4.66. The van der Waals surface area contributed by atoms with Gasteiger partial charge in [0, 0.05) is 30.1 Å². The predicted molar refractivity (Wildman–Crippen MR) is 79.3 cm³/mol. The quantitative estimate of drug-likeness (QED) is 0.785. The Morgan fingerprint density at radius 1 is 1.30 bits per heavy atom. The second kappa shape index (κ2) is 6.46. The smallest absolute Gasteiger partial charge is 0.303 e. The lowest BCUT2D eigenvalue weighted by Crippen LogP contribution is -1.98. The van der Waals surface area contributed by atoms with E-state index in [4.69, 9.17) is 9.84 Å². The molecule has 1 aromatic heterocycles. The van der Waals surface area contributed by atoms with Crippen molar-refractivity contribution in [3.05, 3.63) is 30.0 Å². The molecule has 20 heavy (non-hydrogen) atoms. The minimum absolute atomic E-state index is 0.267. The molecule has 0 aliphatic heterocycles. The first-order chi connectivity index (χ1) is 9.61. The van der Waals surface area contributed by atoms with E-state index in [0.29, 0.717) is 0 Å². The van der Waals surface area contributed by atoms with E-state index >= 15 is 0 Å². The van der Waals surface area contributed by atoms with Gasteiger partial charge in [-0.3, -0.25) is 4.79 Å². The molecule has 4 heteroatoms. The van der Waals surface area contributed by atoms with Gasteiger partial charge in [0.05, 0.1) is 7.11 Å².